The maximum absolute atomic E-state index is 14.3. The van der Waals surface area contributed by atoms with E-state index in [1.807, 2.05) is 24.3 Å². The van der Waals surface area contributed by atoms with Gasteiger partial charge in [0.05, 0.1) is 12.5 Å². The summed E-state index contributed by atoms with van der Waals surface area (Å²) in [6.45, 7) is 0. The standard InChI is InChI=1S/C47H50N8O9S/c48-33(21-29-24-49-34-17-9-7-15-31(29)34)42(58)51-36(19-27-11-3-1-4-12-27)43(59)52-37(20-28-13-5-2-6-14-28)44(60)54-39(23-41(56)57)46(62)53-38(45(61)55-40(26-65)47(63)64)22-30-25-50-35-18-10-8-16-32(30)35/h1-18,24-25,33,36-40,49-50,65H,19-23,26,48H2,(H,51,58)(H,52,59)(H,53,62)(H,54,60)(H,55,61)(H,56,57)(H,63,64)/t33-,36-,37-,38-,39-,40-/m0/s1. The van der Waals surface area contributed by atoms with Crippen LogP contribution in [0.1, 0.15) is 28.7 Å². The third-order valence-electron chi connectivity index (χ3n) is 10.8. The minimum Gasteiger partial charge on any atom is -0.481 e. The molecule has 0 fully saturated rings. The zero-order chi connectivity index (χ0) is 46.5. The van der Waals surface area contributed by atoms with Crippen LogP contribution in [0, 0.1) is 0 Å². The van der Waals surface area contributed by atoms with Crippen molar-refractivity contribution < 1.29 is 43.8 Å². The molecular formula is C47H50N8O9S. The van der Waals surface area contributed by atoms with Gasteiger partial charge in [-0.05, 0) is 40.8 Å². The number of aliphatic carboxylic acids is 2. The molecule has 0 radical (unpaired) electrons. The summed E-state index contributed by atoms with van der Waals surface area (Å²) in [6, 6.07) is 23.9. The average molecular weight is 903 g/mol. The number of carboxylic acid groups (broad SMARTS) is 2. The SMILES string of the molecule is N[C@@H](Cc1c[nH]c2ccccc12)C(=O)N[C@@H](Cc1ccccc1)C(=O)N[C@@H](Cc1ccccc1)C(=O)N[C@@H](CC(=O)O)C(=O)N[C@@H](Cc1c[nH]c2ccccc12)C(=O)N[C@@H](CS)C(=O)O. The molecule has 2 aromatic heterocycles. The number of carbonyl (C=O) groups excluding carboxylic acids is 5. The Kier molecular flexibility index (Phi) is 16.1. The van der Waals surface area contributed by atoms with Crippen molar-refractivity contribution in [3.63, 3.8) is 0 Å². The third kappa shape index (κ3) is 12.8. The molecule has 6 rings (SSSR count). The van der Waals surface area contributed by atoms with Gasteiger partial charge in [0.1, 0.15) is 30.2 Å². The molecule has 0 aliphatic rings. The lowest BCUT2D eigenvalue weighted by Gasteiger charge is -2.27. The fourth-order valence-electron chi connectivity index (χ4n) is 7.42. The lowest BCUT2D eigenvalue weighted by molar-refractivity contribution is -0.143. The number of carboxylic acids is 2. The van der Waals surface area contributed by atoms with Crippen LogP contribution < -0.4 is 32.3 Å². The minimum absolute atomic E-state index is 0.0117. The highest BCUT2D eigenvalue weighted by Gasteiger charge is 2.34. The van der Waals surface area contributed by atoms with E-state index >= 15 is 0 Å². The van der Waals surface area contributed by atoms with Crippen molar-refractivity contribution in [1.82, 2.24) is 36.6 Å². The van der Waals surface area contributed by atoms with E-state index in [1.54, 1.807) is 97.3 Å². The van der Waals surface area contributed by atoms with Gasteiger partial charge in [0.25, 0.3) is 0 Å². The normalized spacial score (nSPS) is 13.9. The van der Waals surface area contributed by atoms with E-state index in [0.29, 0.717) is 16.7 Å². The lowest BCUT2D eigenvalue weighted by atomic mass is 10.0. The number of nitrogens with one attached hydrogen (secondary N) is 7. The van der Waals surface area contributed by atoms with Crippen LogP contribution >= 0.6 is 12.6 Å². The molecule has 338 valence electrons. The van der Waals surface area contributed by atoms with Gasteiger partial charge in [-0.2, -0.15) is 12.6 Å². The van der Waals surface area contributed by atoms with Crippen molar-refractivity contribution in [3.05, 3.63) is 144 Å². The first kappa shape index (κ1) is 47.0. The van der Waals surface area contributed by atoms with Gasteiger partial charge in [-0.25, -0.2) is 4.79 Å². The zero-order valence-corrected chi connectivity index (χ0v) is 35.9. The Balaban J connectivity index is 1.23. The number of nitrogens with two attached hydrogens (primary N) is 1. The molecule has 0 saturated carbocycles. The second kappa shape index (κ2) is 22.3. The summed E-state index contributed by atoms with van der Waals surface area (Å²) < 4.78 is 0. The fourth-order valence-corrected chi connectivity index (χ4v) is 7.66. The van der Waals surface area contributed by atoms with Gasteiger partial charge in [0.15, 0.2) is 0 Å². The summed E-state index contributed by atoms with van der Waals surface area (Å²) in [4.78, 5) is 100. The van der Waals surface area contributed by atoms with Crippen LogP contribution in [0.4, 0.5) is 0 Å². The highest BCUT2D eigenvalue weighted by atomic mass is 32.1. The highest BCUT2D eigenvalue weighted by molar-refractivity contribution is 7.80. The first-order valence-corrected chi connectivity index (χ1v) is 21.4. The van der Waals surface area contributed by atoms with Crippen molar-refractivity contribution in [2.75, 3.05) is 5.75 Å². The quantitative estimate of drug-likeness (QED) is 0.0442. The van der Waals surface area contributed by atoms with Gasteiger partial charge < -0.3 is 52.5 Å². The zero-order valence-electron chi connectivity index (χ0n) is 35.0. The molecule has 65 heavy (non-hydrogen) atoms. The number of thiol groups is 1. The second-order valence-corrected chi connectivity index (χ2v) is 15.9. The van der Waals surface area contributed by atoms with Crippen LogP contribution in [0.3, 0.4) is 0 Å². The number of aromatic nitrogens is 2. The number of amides is 5. The average Bonchev–Trinajstić information content (AvgIpc) is 3.91. The molecule has 18 heteroatoms. The summed E-state index contributed by atoms with van der Waals surface area (Å²) in [5.41, 5.74) is 10.7. The van der Waals surface area contributed by atoms with E-state index in [9.17, 15) is 43.8 Å². The van der Waals surface area contributed by atoms with Crippen molar-refractivity contribution in [1.29, 1.82) is 0 Å². The van der Waals surface area contributed by atoms with Crippen molar-refractivity contribution in [2.45, 2.75) is 68.4 Å². The molecule has 0 bridgehead atoms. The van der Waals surface area contributed by atoms with Crippen LogP contribution in [-0.2, 0) is 59.2 Å². The molecule has 4 aromatic carbocycles. The molecular weight excluding hydrogens is 853 g/mol. The number of fused-ring (bicyclic) bond motifs is 2. The smallest absolute Gasteiger partial charge is 0.327 e. The number of benzene rings is 4. The number of aromatic amines is 2. The molecule has 0 aliphatic carbocycles. The first-order valence-electron chi connectivity index (χ1n) is 20.8. The van der Waals surface area contributed by atoms with Crippen LogP contribution in [0.2, 0.25) is 0 Å². The van der Waals surface area contributed by atoms with E-state index in [0.717, 1.165) is 27.4 Å². The second-order valence-electron chi connectivity index (χ2n) is 15.5. The van der Waals surface area contributed by atoms with Crippen LogP contribution in [-0.4, -0.2) is 104 Å². The summed E-state index contributed by atoms with van der Waals surface area (Å²) in [5.74, 6) is -7.39. The maximum atomic E-state index is 14.3. The lowest BCUT2D eigenvalue weighted by Crippen LogP contribution is -2.60. The van der Waals surface area contributed by atoms with Crippen LogP contribution in [0.25, 0.3) is 21.8 Å². The van der Waals surface area contributed by atoms with Crippen LogP contribution in [0.15, 0.2) is 122 Å². The number of H-pyrrole nitrogens is 2. The van der Waals surface area contributed by atoms with Gasteiger partial charge in [-0.15, -0.1) is 0 Å². The molecule has 0 spiro atoms. The van der Waals surface area contributed by atoms with Crippen LogP contribution in [0.5, 0.6) is 0 Å². The number of carbonyl (C=O) groups is 7. The Morgan fingerprint density at radius 1 is 0.492 bits per heavy atom. The molecule has 0 saturated heterocycles. The Morgan fingerprint density at radius 2 is 0.877 bits per heavy atom. The predicted molar refractivity (Wildman–Crippen MR) is 246 cm³/mol. The van der Waals surface area contributed by atoms with Crippen molar-refractivity contribution in [2.24, 2.45) is 5.73 Å². The Morgan fingerprint density at radius 3 is 1.34 bits per heavy atom. The van der Waals surface area contributed by atoms with Gasteiger partial charge in [0, 0.05) is 59.2 Å². The minimum atomic E-state index is -1.78. The molecule has 0 aliphatic heterocycles. The third-order valence-corrected chi connectivity index (χ3v) is 11.2. The van der Waals surface area contributed by atoms with E-state index in [4.69, 9.17) is 5.73 Å². The molecule has 6 aromatic rings. The molecule has 0 unspecified atom stereocenters. The van der Waals surface area contributed by atoms with Crippen molar-refractivity contribution in [3.8, 4) is 0 Å². The molecule has 2 heterocycles. The summed E-state index contributed by atoms with van der Waals surface area (Å²) in [6.07, 6.45) is 2.37. The Hall–Kier alpha value is -7.44. The van der Waals surface area contributed by atoms with E-state index in [2.05, 4.69) is 49.2 Å². The first-order chi connectivity index (χ1) is 31.3. The number of rotatable bonds is 22. The fraction of sp³-hybridized carbons (Fsp3) is 0.255. The van der Waals surface area contributed by atoms with Gasteiger partial charge in [-0.1, -0.05) is 97.1 Å². The summed E-state index contributed by atoms with van der Waals surface area (Å²) in [5, 5.41) is 34.0. The highest BCUT2D eigenvalue weighted by Crippen LogP contribution is 2.21. The van der Waals surface area contributed by atoms with Gasteiger partial charge in [-0.3, -0.25) is 28.8 Å². The van der Waals surface area contributed by atoms with Gasteiger partial charge >= 0.3 is 11.9 Å². The maximum Gasteiger partial charge on any atom is 0.327 e. The summed E-state index contributed by atoms with van der Waals surface area (Å²) >= 11 is 4.02. The monoisotopic (exact) mass is 902 g/mol. The van der Waals surface area contributed by atoms with E-state index < -0.39 is 84.1 Å². The van der Waals surface area contributed by atoms with E-state index in [-0.39, 0.29) is 31.4 Å². The molecule has 11 N–H and O–H groups in total. The number of hydrogen-bond acceptors (Lipinski definition) is 9. The largest absolute Gasteiger partial charge is 0.481 e. The summed E-state index contributed by atoms with van der Waals surface area (Å²) in [7, 11) is 0. The number of para-hydroxylation sites is 2. The molecule has 17 nitrogen and oxygen atoms in total. The molecule has 5 amide bonds. The predicted octanol–water partition coefficient (Wildman–Crippen LogP) is 2.16. The topological polar surface area (TPSA) is 278 Å². The number of hydrogen-bond donors (Lipinski definition) is 11. The molecule has 6 atom stereocenters. The van der Waals surface area contributed by atoms with Crippen molar-refractivity contribution >= 4 is 75.9 Å². The Labute approximate surface area is 378 Å². The van der Waals surface area contributed by atoms with Gasteiger partial charge in [0.2, 0.25) is 29.5 Å². The van der Waals surface area contributed by atoms with E-state index in [1.165, 1.54) is 0 Å². The Bertz CT molecular complexity index is 2640.